The van der Waals surface area contributed by atoms with Gasteiger partial charge in [-0.05, 0) is 20.3 Å². The van der Waals surface area contributed by atoms with Crippen molar-refractivity contribution in [1.82, 2.24) is 0 Å². The molecule has 0 fully saturated rings. The van der Waals surface area contributed by atoms with Crippen molar-refractivity contribution >= 4 is 0 Å². The smallest absolute Gasteiger partial charge is 0.0701 e. The molecule has 0 aromatic carbocycles. The van der Waals surface area contributed by atoms with Crippen LogP contribution in [0, 0.1) is 0 Å². The van der Waals surface area contributed by atoms with Crippen molar-refractivity contribution in [1.29, 1.82) is 0 Å². The van der Waals surface area contributed by atoms with Crippen molar-refractivity contribution in [3.8, 4) is 0 Å². The van der Waals surface area contributed by atoms with Crippen LogP contribution >= 0.6 is 0 Å². The van der Waals surface area contributed by atoms with Gasteiger partial charge in [-0.2, -0.15) is 0 Å². The molecule has 0 aliphatic carbocycles. The van der Waals surface area contributed by atoms with Crippen LogP contribution in [0.5, 0.6) is 0 Å². The van der Waals surface area contributed by atoms with Crippen LogP contribution in [-0.4, -0.2) is 32.0 Å². The van der Waals surface area contributed by atoms with E-state index >= 15 is 0 Å². The number of hydrogen-bond acceptors (Lipinski definition) is 3. The normalized spacial score (nSPS) is 16.0. The van der Waals surface area contributed by atoms with Gasteiger partial charge in [0.25, 0.3) is 0 Å². The molecular formula is C9H21NO2. The Morgan fingerprint density at radius 3 is 2.25 bits per heavy atom. The molecule has 0 aromatic rings. The maximum Gasteiger partial charge on any atom is 0.0701 e. The Hall–Kier alpha value is -0.120. The maximum absolute atomic E-state index is 5.86. The van der Waals surface area contributed by atoms with Crippen molar-refractivity contribution in [2.75, 3.05) is 26.4 Å². The first-order valence-electron chi connectivity index (χ1n) is 4.56. The molecule has 0 saturated heterocycles. The van der Waals surface area contributed by atoms with E-state index in [4.69, 9.17) is 15.2 Å². The van der Waals surface area contributed by atoms with Crippen molar-refractivity contribution in [2.24, 2.45) is 5.73 Å². The monoisotopic (exact) mass is 175 g/mol. The van der Waals surface area contributed by atoms with E-state index in [0.29, 0.717) is 19.8 Å². The zero-order chi connectivity index (χ0) is 9.45. The fourth-order valence-electron chi connectivity index (χ4n) is 0.670. The molecule has 1 unspecified atom stereocenters. The first kappa shape index (κ1) is 11.9. The van der Waals surface area contributed by atoms with Gasteiger partial charge in [0.15, 0.2) is 0 Å². The Morgan fingerprint density at radius 2 is 1.75 bits per heavy atom. The van der Waals surface area contributed by atoms with E-state index in [1.54, 1.807) is 0 Å². The topological polar surface area (TPSA) is 44.5 Å². The van der Waals surface area contributed by atoms with Gasteiger partial charge in [0.1, 0.15) is 0 Å². The second kappa shape index (κ2) is 6.40. The molecule has 0 bridgehead atoms. The highest BCUT2D eigenvalue weighted by molar-refractivity contribution is 4.75. The lowest BCUT2D eigenvalue weighted by Crippen LogP contribution is -2.40. The van der Waals surface area contributed by atoms with Crippen LogP contribution < -0.4 is 5.73 Å². The predicted octanol–water partition coefficient (Wildman–Crippen LogP) is 1.17. The molecule has 1 atom stereocenters. The second-order valence-electron chi connectivity index (χ2n) is 3.26. The Kier molecular flexibility index (Phi) is 6.34. The first-order valence-corrected chi connectivity index (χ1v) is 4.56. The highest BCUT2D eigenvalue weighted by Crippen LogP contribution is 2.04. The van der Waals surface area contributed by atoms with Gasteiger partial charge in [0.2, 0.25) is 0 Å². The van der Waals surface area contributed by atoms with Gasteiger partial charge in [0, 0.05) is 12.1 Å². The minimum Gasteiger partial charge on any atom is -0.379 e. The molecule has 0 saturated carbocycles. The average Bonchev–Trinajstić information content (AvgIpc) is 2.04. The average molecular weight is 175 g/mol. The van der Waals surface area contributed by atoms with Gasteiger partial charge in [-0.3, -0.25) is 0 Å². The summed E-state index contributed by atoms with van der Waals surface area (Å²) in [5.74, 6) is 0. The highest BCUT2D eigenvalue weighted by atomic mass is 16.5. The summed E-state index contributed by atoms with van der Waals surface area (Å²) in [7, 11) is 0. The third-order valence-corrected chi connectivity index (χ3v) is 1.82. The van der Waals surface area contributed by atoms with E-state index in [9.17, 15) is 0 Å². The standard InChI is InChI=1S/C9H21NO2/c1-4-9(3,10)8-12-7-6-11-5-2/h4-8,10H2,1-3H3. The number of hydrogen-bond donors (Lipinski definition) is 1. The molecule has 0 radical (unpaired) electrons. The van der Waals surface area contributed by atoms with Gasteiger partial charge < -0.3 is 15.2 Å². The predicted molar refractivity (Wildman–Crippen MR) is 50.2 cm³/mol. The largest absolute Gasteiger partial charge is 0.379 e. The summed E-state index contributed by atoms with van der Waals surface area (Å²) in [5, 5.41) is 0. The van der Waals surface area contributed by atoms with Crippen LogP contribution in [0.3, 0.4) is 0 Å². The molecule has 3 heteroatoms. The highest BCUT2D eigenvalue weighted by Gasteiger charge is 2.14. The SMILES string of the molecule is CCOCCOCC(C)(N)CC. The third kappa shape index (κ3) is 6.58. The van der Waals surface area contributed by atoms with E-state index < -0.39 is 0 Å². The summed E-state index contributed by atoms with van der Waals surface area (Å²) in [6.07, 6.45) is 0.932. The van der Waals surface area contributed by atoms with Crippen LogP contribution in [0.25, 0.3) is 0 Å². The van der Waals surface area contributed by atoms with Gasteiger partial charge in [-0.25, -0.2) is 0 Å². The van der Waals surface area contributed by atoms with Crippen LogP contribution in [0.4, 0.5) is 0 Å². The summed E-state index contributed by atoms with van der Waals surface area (Å²) < 4.78 is 10.5. The number of ether oxygens (including phenoxy) is 2. The summed E-state index contributed by atoms with van der Waals surface area (Å²) in [4.78, 5) is 0. The number of rotatable bonds is 7. The molecule has 0 spiro atoms. The van der Waals surface area contributed by atoms with Gasteiger partial charge in [0.05, 0.1) is 19.8 Å². The van der Waals surface area contributed by atoms with Crippen molar-refractivity contribution in [3.63, 3.8) is 0 Å². The van der Waals surface area contributed by atoms with Crippen molar-refractivity contribution in [2.45, 2.75) is 32.7 Å². The van der Waals surface area contributed by atoms with Gasteiger partial charge in [-0.15, -0.1) is 0 Å². The molecule has 0 rings (SSSR count). The van der Waals surface area contributed by atoms with Crippen molar-refractivity contribution < 1.29 is 9.47 Å². The number of nitrogens with two attached hydrogens (primary N) is 1. The first-order chi connectivity index (χ1) is 5.62. The van der Waals surface area contributed by atoms with E-state index in [0.717, 1.165) is 13.0 Å². The molecule has 0 heterocycles. The van der Waals surface area contributed by atoms with Gasteiger partial charge >= 0.3 is 0 Å². The Morgan fingerprint density at radius 1 is 1.17 bits per heavy atom. The lowest BCUT2D eigenvalue weighted by Gasteiger charge is -2.22. The lowest BCUT2D eigenvalue weighted by atomic mass is 10.0. The van der Waals surface area contributed by atoms with Crippen LogP contribution in [-0.2, 0) is 9.47 Å². The zero-order valence-corrected chi connectivity index (χ0v) is 8.43. The quantitative estimate of drug-likeness (QED) is 0.591. The molecule has 0 amide bonds. The summed E-state index contributed by atoms with van der Waals surface area (Å²) in [5.41, 5.74) is 5.68. The van der Waals surface area contributed by atoms with Crippen molar-refractivity contribution in [3.05, 3.63) is 0 Å². The van der Waals surface area contributed by atoms with E-state index in [1.807, 2.05) is 13.8 Å². The summed E-state index contributed by atoms with van der Waals surface area (Å²) in [6, 6.07) is 0. The molecule has 74 valence electrons. The molecule has 0 aliphatic heterocycles. The molecular weight excluding hydrogens is 154 g/mol. The Balaban J connectivity index is 3.19. The van der Waals surface area contributed by atoms with E-state index in [2.05, 4.69) is 6.92 Å². The van der Waals surface area contributed by atoms with Crippen LogP contribution in [0.15, 0.2) is 0 Å². The summed E-state index contributed by atoms with van der Waals surface area (Å²) in [6.45, 7) is 8.68. The minimum atomic E-state index is -0.188. The van der Waals surface area contributed by atoms with Gasteiger partial charge in [-0.1, -0.05) is 6.92 Å². The molecule has 12 heavy (non-hydrogen) atoms. The minimum absolute atomic E-state index is 0.188. The Bertz CT molecular complexity index is 105. The molecule has 0 aliphatic rings. The van der Waals surface area contributed by atoms with Crippen LogP contribution in [0.2, 0.25) is 0 Å². The molecule has 3 nitrogen and oxygen atoms in total. The third-order valence-electron chi connectivity index (χ3n) is 1.82. The Labute approximate surface area is 75.2 Å². The lowest BCUT2D eigenvalue weighted by molar-refractivity contribution is 0.0330. The van der Waals surface area contributed by atoms with E-state index in [-0.39, 0.29) is 5.54 Å². The zero-order valence-electron chi connectivity index (χ0n) is 8.43. The fraction of sp³-hybridized carbons (Fsp3) is 1.00. The van der Waals surface area contributed by atoms with Crippen LogP contribution in [0.1, 0.15) is 27.2 Å². The van der Waals surface area contributed by atoms with E-state index in [1.165, 1.54) is 0 Å². The molecule has 2 N–H and O–H groups in total. The maximum atomic E-state index is 5.86. The molecule has 0 aromatic heterocycles. The summed E-state index contributed by atoms with van der Waals surface area (Å²) >= 11 is 0. The fourth-order valence-corrected chi connectivity index (χ4v) is 0.670. The second-order valence-corrected chi connectivity index (χ2v) is 3.26.